The molecule has 6 heteroatoms. The highest BCUT2D eigenvalue weighted by Crippen LogP contribution is 2.42. The summed E-state index contributed by atoms with van der Waals surface area (Å²) in [6.45, 7) is 1.42. The molecule has 1 heterocycles. The van der Waals surface area contributed by atoms with Crippen LogP contribution in [0.3, 0.4) is 0 Å². The lowest BCUT2D eigenvalue weighted by atomic mass is 9.72. The molecule has 6 nitrogen and oxygen atoms in total. The van der Waals surface area contributed by atoms with E-state index in [9.17, 15) is 0 Å². The molecule has 1 unspecified atom stereocenters. The minimum Gasteiger partial charge on any atom is -0.497 e. The van der Waals surface area contributed by atoms with E-state index >= 15 is 0 Å². The van der Waals surface area contributed by atoms with Crippen molar-refractivity contribution in [1.29, 1.82) is 0 Å². The summed E-state index contributed by atoms with van der Waals surface area (Å²) >= 11 is 0. The van der Waals surface area contributed by atoms with Crippen LogP contribution >= 0.6 is 0 Å². The van der Waals surface area contributed by atoms with E-state index in [0.717, 1.165) is 35.1 Å². The molecule has 1 aliphatic carbocycles. The Balaban J connectivity index is 1.61. The minimum atomic E-state index is 0.261. The largest absolute Gasteiger partial charge is 0.497 e. The third-order valence-corrected chi connectivity index (χ3v) is 5.80. The number of nitrogen functional groups attached to an aromatic ring is 1. The third kappa shape index (κ3) is 3.59. The minimum absolute atomic E-state index is 0.261. The van der Waals surface area contributed by atoms with Gasteiger partial charge in [-0.1, -0.05) is 18.6 Å². The molecule has 148 valence electrons. The molecule has 2 aromatic carbocycles. The van der Waals surface area contributed by atoms with Crippen LogP contribution in [0.15, 0.2) is 47.6 Å². The van der Waals surface area contributed by atoms with E-state index in [-0.39, 0.29) is 5.92 Å². The average molecular weight is 380 g/mol. The molecule has 3 N–H and O–H groups in total. The van der Waals surface area contributed by atoms with E-state index in [1.165, 1.54) is 24.8 Å². The fourth-order valence-corrected chi connectivity index (χ4v) is 4.10. The van der Waals surface area contributed by atoms with Gasteiger partial charge in [-0.15, -0.1) is 0 Å². The second kappa shape index (κ2) is 8.00. The Labute approximate surface area is 166 Å². The Morgan fingerprint density at radius 2 is 2.04 bits per heavy atom. The summed E-state index contributed by atoms with van der Waals surface area (Å²) in [7, 11) is 3.36. The summed E-state index contributed by atoms with van der Waals surface area (Å²) in [5, 5.41) is 4.70. The number of amidine groups is 1. The summed E-state index contributed by atoms with van der Waals surface area (Å²) in [5.41, 5.74) is 12.4. The standard InChI is InChI=1S/C22H28N4O2/c1-27-19-10-9-17(20(12-19)28-2)13-26-14-24-25-22(26)21(15-5-3-6-15)16-7-4-8-18(23)11-16/h4,7-12,15,21,24H,3,5-6,13-14,23H2,1-2H3. The number of anilines is 1. The first-order chi connectivity index (χ1) is 13.7. The summed E-state index contributed by atoms with van der Waals surface area (Å²) < 4.78 is 10.9. The van der Waals surface area contributed by atoms with Gasteiger partial charge in [-0.25, -0.2) is 0 Å². The zero-order valence-electron chi connectivity index (χ0n) is 16.5. The maximum Gasteiger partial charge on any atom is 0.134 e. The number of methoxy groups -OCH3 is 2. The van der Waals surface area contributed by atoms with Gasteiger partial charge < -0.3 is 20.1 Å². The van der Waals surface area contributed by atoms with E-state index < -0.39 is 0 Å². The van der Waals surface area contributed by atoms with Crippen LogP contribution < -0.4 is 20.6 Å². The van der Waals surface area contributed by atoms with Crippen LogP contribution in [0, 0.1) is 5.92 Å². The van der Waals surface area contributed by atoms with Crippen molar-refractivity contribution >= 4 is 11.5 Å². The summed E-state index contributed by atoms with van der Waals surface area (Å²) in [5.74, 6) is 3.58. The number of nitrogens with zero attached hydrogens (tertiary/aromatic N) is 2. The van der Waals surface area contributed by atoms with Crippen LogP contribution in [0.2, 0.25) is 0 Å². The van der Waals surface area contributed by atoms with Crippen molar-refractivity contribution in [2.24, 2.45) is 11.0 Å². The van der Waals surface area contributed by atoms with E-state index in [1.807, 2.05) is 24.3 Å². The summed E-state index contributed by atoms with van der Waals surface area (Å²) in [6, 6.07) is 14.2. The Morgan fingerprint density at radius 3 is 2.71 bits per heavy atom. The Kier molecular flexibility index (Phi) is 5.28. The van der Waals surface area contributed by atoms with Gasteiger partial charge in [-0.3, -0.25) is 5.43 Å². The van der Waals surface area contributed by atoms with Gasteiger partial charge in [0.15, 0.2) is 0 Å². The number of hydrazone groups is 1. The van der Waals surface area contributed by atoms with Crippen molar-refractivity contribution in [3.63, 3.8) is 0 Å². The van der Waals surface area contributed by atoms with Gasteiger partial charge in [0.1, 0.15) is 24.0 Å². The van der Waals surface area contributed by atoms with E-state index in [0.29, 0.717) is 12.6 Å². The summed E-state index contributed by atoms with van der Waals surface area (Å²) in [6.07, 6.45) is 3.76. The van der Waals surface area contributed by atoms with Crippen LogP contribution in [0.5, 0.6) is 11.5 Å². The highest BCUT2D eigenvalue weighted by molar-refractivity contribution is 5.90. The van der Waals surface area contributed by atoms with Gasteiger partial charge in [-0.05, 0) is 48.6 Å². The van der Waals surface area contributed by atoms with Crippen molar-refractivity contribution in [3.05, 3.63) is 53.6 Å². The lowest BCUT2D eigenvalue weighted by molar-refractivity contribution is 0.282. The molecule has 0 amide bonds. The molecule has 28 heavy (non-hydrogen) atoms. The van der Waals surface area contributed by atoms with Gasteiger partial charge in [0.05, 0.1) is 14.2 Å². The average Bonchev–Trinajstić information content (AvgIpc) is 3.12. The number of ether oxygens (including phenoxy) is 2. The molecule has 0 saturated heterocycles. The van der Waals surface area contributed by atoms with E-state index in [1.54, 1.807) is 14.2 Å². The zero-order chi connectivity index (χ0) is 19.5. The predicted molar refractivity (Wildman–Crippen MR) is 111 cm³/mol. The smallest absolute Gasteiger partial charge is 0.134 e. The first-order valence-corrected chi connectivity index (χ1v) is 9.81. The van der Waals surface area contributed by atoms with Gasteiger partial charge in [0.2, 0.25) is 0 Å². The lowest BCUT2D eigenvalue weighted by Crippen LogP contribution is -2.37. The molecular weight excluding hydrogens is 352 g/mol. The van der Waals surface area contributed by atoms with E-state index in [4.69, 9.17) is 20.3 Å². The molecule has 0 aromatic heterocycles. The summed E-state index contributed by atoms with van der Waals surface area (Å²) in [4.78, 5) is 2.30. The molecule has 1 aliphatic heterocycles. The van der Waals surface area contributed by atoms with E-state index in [2.05, 4.69) is 28.5 Å². The maximum absolute atomic E-state index is 6.08. The molecule has 0 radical (unpaired) electrons. The number of rotatable bonds is 7. The van der Waals surface area contributed by atoms with Gasteiger partial charge in [-0.2, -0.15) is 5.10 Å². The van der Waals surface area contributed by atoms with Crippen molar-refractivity contribution in [3.8, 4) is 11.5 Å². The second-order valence-corrected chi connectivity index (χ2v) is 7.50. The van der Waals surface area contributed by atoms with Crippen LogP contribution in [-0.2, 0) is 6.54 Å². The molecule has 1 fully saturated rings. The van der Waals surface area contributed by atoms with Crippen molar-refractivity contribution in [2.45, 2.75) is 31.7 Å². The molecule has 2 aromatic rings. The molecule has 0 spiro atoms. The highest BCUT2D eigenvalue weighted by atomic mass is 16.5. The first-order valence-electron chi connectivity index (χ1n) is 9.81. The van der Waals surface area contributed by atoms with Gasteiger partial charge in [0.25, 0.3) is 0 Å². The fourth-order valence-electron chi connectivity index (χ4n) is 4.10. The predicted octanol–water partition coefficient (Wildman–Crippen LogP) is 3.55. The first kappa shape index (κ1) is 18.5. The highest BCUT2D eigenvalue weighted by Gasteiger charge is 2.36. The molecule has 4 rings (SSSR count). The van der Waals surface area contributed by atoms with Crippen molar-refractivity contribution in [2.75, 3.05) is 26.6 Å². The zero-order valence-corrected chi connectivity index (χ0v) is 16.5. The van der Waals surface area contributed by atoms with Crippen LogP contribution in [0.4, 0.5) is 5.69 Å². The third-order valence-electron chi connectivity index (χ3n) is 5.80. The number of hydrogen-bond acceptors (Lipinski definition) is 6. The number of benzene rings is 2. The number of hydrogen-bond donors (Lipinski definition) is 2. The van der Waals surface area contributed by atoms with Crippen LogP contribution in [-0.4, -0.2) is 31.6 Å². The van der Waals surface area contributed by atoms with Crippen molar-refractivity contribution in [1.82, 2.24) is 10.3 Å². The second-order valence-electron chi connectivity index (χ2n) is 7.50. The topological polar surface area (TPSA) is 72.1 Å². The van der Waals surface area contributed by atoms with Gasteiger partial charge >= 0.3 is 0 Å². The fraction of sp³-hybridized carbons (Fsp3) is 0.409. The SMILES string of the molecule is COc1ccc(CN2CNN=C2C(c2cccc(N)c2)C2CCC2)c(OC)c1. The Hall–Kier alpha value is -2.89. The lowest BCUT2D eigenvalue weighted by Gasteiger charge is -2.36. The maximum atomic E-state index is 6.08. The molecule has 1 atom stereocenters. The molecule has 2 aliphatic rings. The normalized spacial score (nSPS) is 17.5. The molecule has 0 bridgehead atoms. The van der Waals surface area contributed by atoms with Crippen LogP contribution in [0.25, 0.3) is 0 Å². The van der Waals surface area contributed by atoms with Crippen molar-refractivity contribution < 1.29 is 9.47 Å². The van der Waals surface area contributed by atoms with Gasteiger partial charge in [0, 0.05) is 29.8 Å². The van der Waals surface area contributed by atoms with Crippen LogP contribution in [0.1, 0.15) is 36.3 Å². The quantitative estimate of drug-likeness (QED) is 0.719. The Bertz CT molecular complexity index is 863. The molecular formula is C22H28N4O2. The Morgan fingerprint density at radius 1 is 1.18 bits per heavy atom. The number of nitrogens with two attached hydrogens (primary N) is 1. The molecule has 1 saturated carbocycles. The number of nitrogens with one attached hydrogen (secondary N) is 1. The monoisotopic (exact) mass is 380 g/mol.